The summed E-state index contributed by atoms with van der Waals surface area (Å²) in [7, 11) is 0. The number of hydrogen-bond donors (Lipinski definition) is 1. The molecule has 2 rings (SSSR count). The first-order valence-corrected chi connectivity index (χ1v) is 7.92. The molecule has 3 nitrogen and oxygen atoms in total. The van der Waals surface area contributed by atoms with Crippen LogP contribution < -0.4 is 10.1 Å². The minimum atomic E-state index is 0.0415. The first kappa shape index (κ1) is 15.3. The Kier molecular flexibility index (Phi) is 5.03. The molecule has 0 bridgehead atoms. The Morgan fingerprint density at radius 2 is 1.95 bits per heavy atom. The van der Waals surface area contributed by atoms with E-state index in [1.54, 1.807) is 0 Å². The quantitative estimate of drug-likeness (QED) is 0.906. The van der Waals surface area contributed by atoms with Crippen LogP contribution in [0.25, 0.3) is 0 Å². The minimum absolute atomic E-state index is 0.0415. The van der Waals surface area contributed by atoms with E-state index in [-0.39, 0.29) is 11.6 Å². The van der Waals surface area contributed by atoms with Crippen LogP contribution in [0.4, 0.5) is 0 Å². The fraction of sp³-hybridized carbons (Fsp3) is 0.706. The van der Waals surface area contributed by atoms with Crippen molar-refractivity contribution in [3.05, 3.63) is 24.0 Å². The van der Waals surface area contributed by atoms with Gasteiger partial charge in [0.15, 0.2) is 0 Å². The molecule has 112 valence electrons. The average molecular weight is 276 g/mol. The molecular formula is C17H28N2O. The first-order valence-electron chi connectivity index (χ1n) is 7.92. The van der Waals surface area contributed by atoms with Crippen molar-refractivity contribution >= 4 is 0 Å². The molecule has 1 aromatic heterocycles. The van der Waals surface area contributed by atoms with Crippen LogP contribution >= 0.6 is 0 Å². The summed E-state index contributed by atoms with van der Waals surface area (Å²) >= 11 is 0. The maximum absolute atomic E-state index is 5.81. The molecular weight excluding hydrogens is 248 g/mol. The van der Waals surface area contributed by atoms with Crippen molar-refractivity contribution in [2.75, 3.05) is 6.54 Å². The number of ether oxygens (including phenoxy) is 1. The molecule has 1 atom stereocenters. The molecule has 0 aromatic carbocycles. The van der Waals surface area contributed by atoms with Crippen LogP contribution in [0.15, 0.2) is 18.5 Å². The van der Waals surface area contributed by atoms with Gasteiger partial charge < -0.3 is 10.1 Å². The van der Waals surface area contributed by atoms with Gasteiger partial charge in [-0.15, -0.1) is 0 Å². The highest BCUT2D eigenvalue weighted by atomic mass is 16.5. The topological polar surface area (TPSA) is 34.1 Å². The van der Waals surface area contributed by atoms with Crippen molar-refractivity contribution in [1.82, 2.24) is 10.3 Å². The molecule has 1 N–H and O–H groups in total. The molecule has 1 saturated heterocycles. The number of hydrogen-bond acceptors (Lipinski definition) is 3. The zero-order valence-electron chi connectivity index (χ0n) is 13.3. The van der Waals surface area contributed by atoms with Gasteiger partial charge in [-0.2, -0.15) is 0 Å². The molecule has 0 amide bonds. The van der Waals surface area contributed by atoms with Gasteiger partial charge in [0.25, 0.3) is 0 Å². The van der Waals surface area contributed by atoms with Crippen LogP contribution in [0.2, 0.25) is 0 Å². The van der Waals surface area contributed by atoms with E-state index >= 15 is 0 Å². The van der Waals surface area contributed by atoms with Gasteiger partial charge in [-0.1, -0.05) is 26.7 Å². The summed E-state index contributed by atoms with van der Waals surface area (Å²) in [4.78, 5) is 4.41. The molecule has 0 saturated carbocycles. The number of pyridine rings is 1. The number of nitrogens with zero attached hydrogens (tertiary/aromatic N) is 1. The van der Waals surface area contributed by atoms with Gasteiger partial charge in [-0.25, -0.2) is 0 Å². The van der Waals surface area contributed by atoms with Crippen LogP contribution in [-0.2, 0) is 5.54 Å². The summed E-state index contributed by atoms with van der Waals surface area (Å²) in [6.07, 6.45) is 9.04. The smallest absolute Gasteiger partial charge is 0.138 e. The highest BCUT2D eigenvalue weighted by Crippen LogP contribution is 2.37. The van der Waals surface area contributed by atoms with E-state index in [1.807, 2.05) is 12.4 Å². The predicted octanol–water partition coefficient (Wildman–Crippen LogP) is 3.88. The van der Waals surface area contributed by atoms with E-state index in [2.05, 4.69) is 44.1 Å². The Balaban J connectivity index is 2.33. The van der Waals surface area contributed by atoms with E-state index in [4.69, 9.17) is 4.74 Å². The van der Waals surface area contributed by atoms with Crippen LogP contribution in [0.5, 0.6) is 5.75 Å². The van der Waals surface area contributed by atoms with Crippen molar-refractivity contribution in [1.29, 1.82) is 0 Å². The fourth-order valence-electron chi connectivity index (χ4n) is 3.18. The van der Waals surface area contributed by atoms with Gasteiger partial charge in [0.2, 0.25) is 0 Å². The lowest BCUT2D eigenvalue weighted by atomic mass is 9.77. The van der Waals surface area contributed by atoms with Crippen LogP contribution in [0.3, 0.4) is 0 Å². The largest absolute Gasteiger partial charge is 0.489 e. The number of aromatic nitrogens is 1. The molecule has 1 unspecified atom stereocenters. The lowest BCUT2D eigenvalue weighted by Gasteiger charge is -2.38. The van der Waals surface area contributed by atoms with Crippen LogP contribution in [0.1, 0.15) is 58.9 Å². The first-order chi connectivity index (χ1) is 9.54. The van der Waals surface area contributed by atoms with Crippen molar-refractivity contribution in [2.45, 2.75) is 65.0 Å². The highest BCUT2D eigenvalue weighted by Gasteiger charge is 2.36. The van der Waals surface area contributed by atoms with Gasteiger partial charge in [0, 0.05) is 11.7 Å². The molecule has 3 heteroatoms. The molecule has 0 radical (unpaired) electrons. The molecule has 20 heavy (non-hydrogen) atoms. The van der Waals surface area contributed by atoms with Gasteiger partial charge in [0.05, 0.1) is 12.3 Å². The molecule has 0 aliphatic carbocycles. The SMILES string of the molecule is CC(C)Oc1cncc(C2(C(C)C)CCCCCN2)c1. The van der Waals surface area contributed by atoms with E-state index < -0.39 is 0 Å². The van der Waals surface area contributed by atoms with Gasteiger partial charge in [-0.05, 0) is 50.8 Å². The third-order valence-corrected chi connectivity index (χ3v) is 4.27. The summed E-state index contributed by atoms with van der Waals surface area (Å²) in [5.41, 5.74) is 1.31. The lowest BCUT2D eigenvalue weighted by molar-refractivity contribution is 0.222. The van der Waals surface area contributed by atoms with Crippen molar-refractivity contribution < 1.29 is 4.74 Å². The van der Waals surface area contributed by atoms with Crippen LogP contribution in [0, 0.1) is 5.92 Å². The molecule has 2 heterocycles. The second-order valence-corrected chi connectivity index (χ2v) is 6.44. The minimum Gasteiger partial charge on any atom is -0.489 e. The highest BCUT2D eigenvalue weighted by molar-refractivity contribution is 5.30. The van der Waals surface area contributed by atoms with Crippen molar-refractivity contribution in [3.8, 4) is 5.75 Å². The molecule has 1 aromatic rings. The average Bonchev–Trinajstić information content (AvgIpc) is 2.64. The van der Waals surface area contributed by atoms with Gasteiger partial charge >= 0.3 is 0 Å². The predicted molar refractivity (Wildman–Crippen MR) is 83.0 cm³/mol. The standard InChI is InChI=1S/C17H28N2O/c1-13(2)17(8-6-5-7-9-19-17)15-10-16(12-18-11-15)20-14(3)4/h10-14,19H,5-9H2,1-4H3. The zero-order valence-corrected chi connectivity index (χ0v) is 13.3. The maximum Gasteiger partial charge on any atom is 0.138 e. The summed E-state index contributed by atoms with van der Waals surface area (Å²) < 4.78 is 5.81. The number of rotatable bonds is 4. The zero-order chi connectivity index (χ0) is 14.6. The van der Waals surface area contributed by atoms with Crippen LogP contribution in [-0.4, -0.2) is 17.6 Å². The van der Waals surface area contributed by atoms with E-state index in [0.717, 1.165) is 12.3 Å². The number of nitrogens with one attached hydrogen (secondary N) is 1. The third-order valence-electron chi connectivity index (χ3n) is 4.27. The molecule has 0 spiro atoms. The van der Waals surface area contributed by atoms with Crippen molar-refractivity contribution in [2.24, 2.45) is 5.92 Å². The second-order valence-electron chi connectivity index (χ2n) is 6.44. The molecule has 1 fully saturated rings. The summed E-state index contributed by atoms with van der Waals surface area (Å²) in [5.74, 6) is 1.42. The fourth-order valence-corrected chi connectivity index (χ4v) is 3.18. The molecule has 1 aliphatic rings. The summed E-state index contributed by atoms with van der Waals surface area (Å²) in [6.45, 7) is 9.79. The Hall–Kier alpha value is -1.09. The second kappa shape index (κ2) is 6.57. The van der Waals surface area contributed by atoms with Gasteiger partial charge in [-0.3, -0.25) is 4.98 Å². The van der Waals surface area contributed by atoms with Gasteiger partial charge in [0.1, 0.15) is 5.75 Å². The van der Waals surface area contributed by atoms with Crippen molar-refractivity contribution in [3.63, 3.8) is 0 Å². The van der Waals surface area contributed by atoms with E-state index in [1.165, 1.54) is 31.2 Å². The monoisotopic (exact) mass is 276 g/mol. The third kappa shape index (κ3) is 3.32. The Bertz CT molecular complexity index is 421. The molecule has 1 aliphatic heterocycles. The Morgan fingerprint density at radius 1 is 1.15 bits per heavy atom. The Labute approximate surface area is 123 Å². The normalized spacial score (nSPS) is 23.9. The summed E-state index contributed by atoms with van der Waals surface area (Å²) in [6, 6.07) is 2.17. The van der Waals surface area contributed by atoms with E-state index in [0.29, 0.717) is 5.92 Å². The van der Waals surface area contributed by atoms with E-state index in [9.17, 15) is 0 Å². The Morgan fingerprint density at radius 3 is 2.65 bits per heavy atom. The summed E-state index contributed by atoms with van der Waals surface area (Å²) in [5, 5.41) is 3.80. The lowest BCUT2D eigenvalue weighted by Crippen LogP contribution is -2.46. The maximum atomic E-state index is 5.81.